The number of amides is 1. The van der Waals surface area contributed by atoms with E-state index in [1.165, 1.54) is 11.3 Å². The van der Waals surface area contributed by atoms with E-state index in [0.717, 1.165) is 10.4 Å². The van der Waals surface area contributed by atoms with Crippen molar-refractivity contribution in [1.82, 2.24) is 0 Å². The van der Waals surface area contributed by atoms with E-state index in [9.17, 15) is 14.4 Å². The van der Waals surface area contributed by atoms with Crippen LogP contribution >= 0.6 is 11.3 Å². The van der Waals surface area contributed by atoms with E-state index >= 15 is 0 Å². The third-order valence-electron chi connectivity index (χ3n) is 4.24. The van der Waals surface area contributed by atoms with Crippen LogP contribution in [0.2, 0.25) is 0 Å². The average Bonchev–Trinajstić information content (AvgIpc) is 2.92. The van der Waals surface area contributed by atoms with Crippen LogP contribution in [0, 0.1) is 19.3 Å². The molecular weight excluding hydrogens is 378 g/mol. The number of ether oxygens (including phenoxy) is 2. The molecule has 0 bridgehead atoms. The number of nitrogens with one attached hydrogen (secondary N) is 1. The lowest BCUT2D eigenvalue weighted by molar-refractivity contribution is -0.123. The first-order valence-corrected chi connectivity index (χ1v) is 9.62. The molecule has 0 saturated heterocycles. The lowest BCUT2D eigenvalue weighted by Crippen LogP contribution is -2.28. The molecule has 6 nitrogen and oxygen atoms in total. The number of thiophene rings is 1. The van der Waals surface area contributed by atoms with Gasteiger partial charge in [0.25, 0.3) is 0 Å². The van der Waals surface area contributed by atoms with Crippen LogP contribution in [0.3, 0.4) is 0 Å². The van der Waals surface area contributed by atoms with Gasteiger partial charge in [0, 0.05) is 15.9 Å². The van der Waals surface area contributed by atoms with Crippen molar-refractivity contribution in [3.05, 3.63) is 45.8 Å². The van der Waals surface area contributed by atoms with Crippen LogP contribution in [-0.4, -0.2) is 31.4 Å². The Morgan fingerprint density at radius 3 is 2.21 bits per heavy atom. The lowest BCUT2D eigenvalue weighted by atomic mass is 9.96. The van der Waals surface area contributed by atoms with Crippen molar-refractivity contribution in [1.29, 1.82) is 0 Å². The summed E-state index contributed by atoms with van der Waals surface area (Å²) in [6.07, 6.45) is 0. The Hall–Kier alpha value is -2.67. The fourth-order valence-electron chi connectivity index (χ4n) is 2.31. The van der Waals surface area contributed by atoms with Crippen molar-refractivity contribution >= 4 is 34.0 Å². The number of carbonyl (C=O) groups excluding carboxylic acids is 3. The van der Waals surface area contributed by atoms with E-state index in [1.807, 2.05) is 6.92 Å². The van der Waals surface area contributed by atoms with Crippen LogP contribution in [0.5, 0.6) is 5.75 Å². The highest BCUT2D eigenvalue weighted by atomic mass is 32.1. The van der Waals surface area contributed by atoms with Crippen LogP contribution in [0.1, 0.15) is 51.9 Å². The minimum atomic E-state index is -0.632. The molecule has 0 unspecified atom stereocenters. The summed E-state index contributed by atoms with van der Waals surface area (Å²) >= 11 is 1.32. The number of anilines is 1. The third-order valence-corrected chi connectivity index (χ3v) is 5.37. The SMILES string of the molecule is COc1ccc(C(=O)COC(=O)c2c(NC(=O)C(C)(C)C)sc(C)c2C)cc1. The van der Waals surface area contributed by atoms with E-state index in [4.69, 9.17) is 9.47 Å². The van der Waals surface area contributed by atoms with Gasteiger partial charge in [-0.3, -0.25) is 9.59 Å². The van der Waals surface area contributed by atoms with E-state index in [-0.39, 0.29) is 18.3 Å². The molecule has 150 valence electrons. The van der Waals surface area contributed by atoms with Gasteiger partial charge < -0.3 is 14.8 Å². The maximum atomic E-state index is 12.6. The number of Topliss-reactive ketones (excluding diaryl/α,β-unsaturated/α-hetero) is 1. The number of carbonyl (C=O) groups is 3. The molecule has 2 rings (SSSR count). The maximum Gasteiger partial charge on any atom is 0.341 e. The van der Waals surface area contributed by atoms with E-state index < -0.39 is 11.4 Å². The summed E-state index contributed by atoms with van der Waals surface area (Å²) in [5.41, 5.74) is 0.851. The Bertz CT molecular complexity index is 891. The minimum absolute atomic E-state index is 0.197. The zero-order chi connectivity index (χ0) is 21.1. The Morgan fingerprint density at radius 2 is 1.68 bits per heavy atom. The van der Waals surface area contributed by atoms with Gasteiger partial charge in [0.2, 0.25) is 5.91 Å². The van der Waals surface area contributed by atoms with Crippen molar-refractivity contribution in [2.45, 2.75) is 34.6 Å². The molecule has 1 aromatic carbocycles. The summed E-state index contributed by atoms with van der Waals surface area (Å²) < 4.78 is 10.3. The summed E-state index contributed by atoms with van der Waals surface area (Å²) in [4.78, 5) is 38.1. The monoisotopic (exact) mass is 403 g/mol. The first kappa shape index (κ1) is 21.6. The van der Waals surface area contributed by atoms with Crippen LogP contribution in [0.4, 0.5) is 5.00 Å². The van der Waals surface area contributed by atoms with Gasteiger partial charge in [-0.15, -0.1) is 11.3 Å². The summed E-state index contributed by atoms with van der Waals surface area (Å²) in [5.74, 6) is -0.511. The van der Waals surface area contributed by atoms with Gasteiger partial charge in [-0.25, -0.2) is 4.79 Å². The molecule has 0 fully saturated rings. The summed E-state index contributed by atoms with van der Waals surface area (Å²) in [7, 11) is 1.54. The van der Waals surface area contributed by atoms with Gasteiger partial charge in [0.15, 0.2) is 12.4 Å². The number of hydrogen-bond acceptors (Lipinski definition) is 6. The molecule has 1 amide bonds. The Kier molecular flexibility index (Phi) is 6.61. The van der Waals surface area contributed by atoms with Gasteiger partial charge >= 0.3 is 5.97 Å². The summed E-state index contributed by atoms with van der Waals surface area (Å²) in [5, 5.41) is 3.25. The average molecular weight is 404 g/mol. The molecule has 7 heteroatoms. The first-order valence-electron chi connectivity index (χ1n) is 8.80. The first-order chi connectivity index (χ1) is 13.0. The zero-order valence-corrected chi connectivity index (χ0v) is 17.8. The number of benzene rings is 1. The second-order valence-corrected chi connectivity index (χ2v) is 8.64. The minimum Gasteiger partial charge on any atom is -0.497 e. The third kappa shape index (κ3) is 4.98. The molecule has 28 heavy (non-hydrogen) atoms. The normalized spacial score (nSPS) is 11.1. The molecule has 1 aromatic heterocycles. The van der Waals surface area contributed by atoms with Crippen LogP contribution in [0.25, 0.3) is 0 Å². The number of methoxy groups -OCH3 is 1. The molecule has 0 saturated carbocycles. The summed E-state index contributed by atoms with van der Waals surface area (Å²) in [6, 6.07) is 6.57. The summed E-state index contributed by atoms with van der Waals surface area (Å²) in [6.45, 7) is 8.65. The van der Waals surface area contributed by atoms with Gasteiger partial charge in [-0.2, -0.15) is 0 Å². The molecule has 0 aliphatic heterocycles. The Labute approximate surface area is 168 Å². The second-order valence-electron chi connectivity index (χ2n) is 7.42. The predicted molar refractivity (Wildman–Crippen MR) is 109 cm³/mol. The van der Waals surface area contributed by atoms with Gasteiger partial charge in [-0.05, 0) is 43.7 Å². The highest BCUT2D eigenvalue weighted by molar-refractivity contribution is 7.16. The van der Waals surface area contributed by atoms with Crippen LogP contribution in [-0.2, 0) is 9.53 Å². The number of aryl methyl sites for hydroxylation is 1. The van der Waals surface area contributed by atoms with E-state index in [1.54, 1.807) is 59.1 Å². The molecule has 0 aliphatic rings. The highest BCUT2D eigenvalue weighted by Gasteiger charge is 2.27. The van der Waals surface area contributed by atoms with Crippen molar-refractivity contribution in [2.24, 2.45) is 5.41 Å². The largest absolute Gasteiger partial charge is 0.497 e. The highest BCUT2D eigenvalue weighted by Crippen LogP contribution is 2.34. The zero-order valence-electron chi connectivity index (χ0n) is 17.0. The molecule has 1 N–H and O–H groups in total. The topological polar surface area (TPSA) is 81.7 Å². The molecule has 0 spiro atoms. The second kappa shape index (κ2) is 8.56. The number of esters is 1. The number of hydrogen-bond donors (Lipinski definition) is 1. The number of ketones is 1. The molecule has 2 aromatic rings. The lowest BCUT2D eigenvalue weighted by Gasteiger charge is -2.17. The van der Waals surface area contributed by atoms with Crippen LogP contribution < -0.4 is 10.1 Å². The standard InChI is InChI=1S/C21H25NO5S/c1-12-13(2)28-18(22-20(25)21(3,4)5)17(12)19(24)27-11-16(23)14-7-9-15(26-6)10-8-14/h7-10H,11H2,1-6H3,(H,22,25). The quantitative estimate of drug-likeness (QED) is 0.571. The Morgan fingerprint density at radius 1 is 1.07 bits per heavy atom. The van der Waals surface area contributed by atoms with E-state index in [2.05, 4.69) is 5.32 Å². The predicted octanol–water partition coefficient (Wildman–Crippen LogP) is 4.40. The fraction of sp³-hybridized carbons (Fsp3) is 0.381. The molecular formula is C21H25NO5S. The van der Waals surface area contributed by atoms with Gasteiger partial charge in [-0.1, -0.05) is 20.8 Å². The van der Waals surface area contributed by atoms with Crippen molar-refractivity contribution < 1.29 is 23.9 Å². The fourth-order valence-corrected chi connectivity index (χ4v) is 3.36. The van der Waals surface area contributed by atoms with Gasteiger partial charge in [0.05, 0.1) is 12.7 Å². The van der Waals surface area contributed by atoms with Crippen molar-refractivity contribution in [3.8, 4) is 5.75 Å². The van der Waals surface area contributed by atoms with Crippen molar-refractivity contribution in [2.75, 3.05) is 19.0 Å². The smallest absolute Gasteiger partial charge is 0.341 e. The molecule has 0 radical (unpaired) electrons. The number of rotatable bonds is 6. The molecule has 1 heterocycles. The van der Waals surface area contributed by atoms with Gasteiger partial charge in [0.1, 0.15) is 10.8 Å². The van der Waals surface area contributed by atoms with Crippen molar-refractivity contribution in [3.63, 3.8) is 0 Å². The molecule has 0 aliphatic carbocycles. The maximum absolute atomic E-state index is 12.6. The van der Waals surface area contributed by atoms with Crippen LogP contribution in [0.15, 0.2) is 24.3 Å². The molecule has 0 atom stereocenters. The Balaban J connectivity index is 2.13. The van der Waals surface area contributed by atoms with E-state index in [0.29, 0.717) is 21.9 Å².